The van der Waals surface area contributed by atoms with Crippen molar-refractivity contribution in [3.8, 4) is 0 Å². The first kappa shape index (κ1) is 13.1. The molecule has 90 valence electrons. The number of nitrogens with zero attached hydrogens (tertiary/aromatic N) is 1. The lowest BCUT2D eigenvalue weighted by Crippen LogP contribution is -2.29. The molecule has 3 nitrogen and oxygen atoms in total. The second-order valence-corrected chi connectivity index (χ2v) is 5.45. The van der Waals surface area contributed by atoms with Crippen molar-refractivity contribution in [1.82, 2.24) is 4.98 Å². The first-order valence-electron chi connectivity index (χ1n) is 5.72. The first-order valence-corrected chi connectivity index (χ1v) is 5.72. The van der Waals surface area contributed by atoms with Crippen LogP contribution in [-0.2, 0) is 0 Å². The maximum atomic E-state index is 10.2. The second kappa shape index (κ2) is 5.41. The summed E-state index contributed by atoms with van der Waals surface area (Å²) in [6.45, 7) is 6.82. The zero-order valence-electron chi connectivity index (χ0n) is 10.4. The average Bonchev–Trinajstić information content (AvgIpc) is 2.17. The van der Waals surface area contributed by atoms with Crippen molar-refractivity contribution < 1.29 is 5.11 Å². The first-order chi connectivity index (χ1) is 7.44. The van der Waals surface area contributed by atoms with Gasteiger partial charge in [0.25, 0.3) is 0 Å². The fraction of sp³-hybridized carbons (Fsp3) is 0.615. The zero-order chi connectivity index (χ0) is 12.2. The van der Waals surface area contributed by atoms with Crippen LogP contribution in [0.5, 0.6) is 0 Å². The molecule has 0 aromatic carbocycles. The predicted molar refractivity (Wildman–Crippen MR) is 66.1 cm³/mol. The second-order valence-electron chi connectivity index (χ2n) is 5.45. The summed E-state index contributed by atoms with van der Waals surface area (Å²) in [5.74, 6) is 0.00206. The van der Waals surface area contributed by atoms with Crippen molar-refractivity contribution in [2.24, 2.45) is 11.1 Å². The number of aliphatic hydroxyl groups is 1. The highest BCUT2D eigenvalue weighted by Crippen LogP contribution is 2.28. The number of nitrogens with two attached hydrogens (primary N) is 1. The van der Waals surface area contributed by atoms with E-state index in [0.29, 0.717) is 6.54 Å². The Labute approximate surface area is 97.7 Å². The van der Waals surface area contributed by atoms with E-state index in [1.807, 2.05) is 12.1 Å². The molecule has 1 aromatic rings. The van der Waals surface area contributed by atoms with Gasteiger partial charge in [0.05, 0.1) is 6.10 Å². The Morgan fingerprint density at radius 2 is 1.88 bits per heavy atom. The molecule has 3 N–H and O–H groups in total. The van der Waals surface area contributed by atoms with E-state index in [1.54, 1.807) is 12.4 Å². The molecular formula is C13H22N2O. The van der Waals surface area contributed by atoms with Gasteiger partial charge in [-0.15, -0.1) is 0 Å². The van der Waals surface area contributed by atoms with Gasteiger partial charge in [-0.05, 0) is 29.5 Å². The third-order valence-corrected chi connectivity index (χ3v) is 2.67. The smallest absolute Gasteiger partial charge is 0.0625 e. The Balaban J connectivity index is 2.75. The fourth-order valence-electron chi connectivity index (χ4n) is 1.90. The Kier molecular flexibility index (Phi) is 4.44. The third-order valence-electron chi connectivity index (χ3n) is 2.67. The van der Waals surface area contributed by atoms with E-state index in [9.17, 15) is 5.11 Å². The summed E-state index contributed by atoms with van der Waals surface area (Å²) in [5, 5.41) is 10.2. The van der Waals surface area contributed by atoms with E-state index in [-0.39, 0.29) is 11.3 Å². The Morgan fingerprint density at radius 1 is 1.31 bits per heavy atom. The van der Waals surface area contributed by atoms with Gasteiger partial charge < -0.3 is 10.8 Å². The van der Waals surface area contributed by atoms with E-state index < -0.39 is 6.10 Å². The van der Waals surface area contributed by atoms with Crippen LogP contribution in [-0.4, -0.2) is 22.7 Å². The Morgan fingerprint density at radius 3 is 2.31 bits per heavy atom. The topological polar surface area (TPSA) is 59.1 Å². The number of hydrogen-bond acceptors (Lipinski definition) is 3. The van der Waals surface area contributed by atoms with Crippen LogP contribution < -0.4 is 5.73 Å². The summed E-state index contributed by atoms with van der Waals surface area (Å²) in [7, 11) is 0. The van der Waals surface area contributed by atoms with Gasteiger partial charge in [0, 0.05) is 24.9 Å². The van der Waals surface area contributed by atoms with Crippen molar-refractivity contribution in [3.63, 3.8) is 0 Å². The minimum Gasteiger partial charge on any atom is -0.392 e. The van der Waals surface area contributed by atoms with Crippen LogP contribution in [0.4, 0.5) is 0 Å². The number of aromatic nitrogens is 1. The number of pyridine rings is 1. The maximum absolute atomic E-state index is 10.2. The summed E-state index contributed by atoms with van der Waals surface area (Å²) in [6.07, 6.45) is 3.83. The molecule has 2 atom stereocenters. The quantitative estimate of drug-likeness (QED) is 0.818. The maximum Gasteiger partial charge on any atom is 0.0625 e. The normalized spacial score (nSPS) is 15.8. The van der Waals surface area contributed by atoms with Crippen molar-refractivity contribution >= 4 is 0 Å². The van der Waals surface area contributed by atoms with Gasteiger partial charge in [-0.25, -0.2) is 0 Å². The molecule has 3 heteroatoms. The van der Waals surface area contributed by atoms with Gasteiger partial charge in [-0.2, -0.15) is 0 Å². The molecule has 0 fully saturated rings. The minimum absolute atomic E-state index is 0.00206. The van der Waals surface area contributed by atoms with E-state index >= 15 is 0 Å². The largest absolute Gasteiger partial charge is 0.392 e. The van der Waals surface area contributed by atoms with Gasteiger partial charge in [-0.3, -0.25) is 4.98 Å². The lowest BCUT2D eigenvalue weighted by molar-refractivity contribution is 0.0972. The lowest BCUT2D eigenvalue weighted by Gasteiger charge is -2.28. The average molecular weight is 222 g/mol. The van der Waals surface area contributed by atoms with Crippen LogP contribution in [0.3, 0.4) is 0 Å². The number of aliphatic hydroxyl groups excluding tert-OH is 1. The summed E-state index contributed by atoms with van der Waals surface area (Å²) in [6, 6.07) is 3.84. The standard InChI is InChI=1S/C13H22N2O/c1-13(2,3)8-12(16)11(9-14)10-4-6-15-7-5-10/h4-7,11-12,16H,8-9,14H2,1-3H3. The van der Waals surface area contributed by atoms with Crippen LogP contribution in [0.2, 0.25) is 0 Å². The summed E-state index contributed by atoms with van der Waals surface area (Å²) in [5.41, 5.74) is 6.92. The van der Waals surface area contributed by atoms with Crippen molar-refractivity contribution in [3.05, 3.63) is 30.1 Å². The van der Waals surface area contributed by atoms with Crippen LogP contribution in [0.1, 0.15) is 38.7 Å². The molecule has 0 aliphatic heterocycles. The third kappa shape index (κ3) is 3.91. The van der Waals surface area contributed by atoms with E-state index in [0.717, 1.165) is 12.0 Å². The SMILES string of the molecule is CC(C)(C)CC(O)C(CN)c1ccncc1. The molecule has 0 aliphatic carbocycles. The molecular weight excluding hydrogens is 200 g/mol. The molecule has 0 aliphatic rings. The van der Waals surface area contributed by atoms with Crippen molar-refractivity contribution in [2.75, 3.05) is 6.54 Å². The van der Waals surface area contributed by atoms with Crippen molar-refractivity contribution in [2.45, 2.75) is 39.2 Å². The molecule has 1 rings (SSSR count). The molecule has 2 unspecified atom stereocenters. The van der Waals surface area contributed by atoms with Crippen molar-refractivity contribution in [1.29, 1.82) is 0 Å². The lowest BCUT2D eigenvalue weighted by atomic mass is 9.82. The molecule has 0 radical (unpaired) electrons. The highest BCUT2D eigenvalue weighted by Gasteiger charge is 2.24. The molecule has 0 saturated carbocycles. The van der Waals surface area contributed by atoms with Gasteiger partial charge in [0.2, 0.25) is 0 Å². The molecule has 1 heterocycles. The van der Waals surface area contributed by atoms with Crippen LogP contribution in [0.25, 0.3) is 0 Å². The summed E-state index contributed by atoms with van der Waals surface area (Å²) < 4.78 is 0. The number of rotatable bonds is 4. The summed E-state index contributed by atoms with van der Waals surface area (Å²) in [4.78, 5) is 3.97. The van der Waals surface area contributed by atoms with E-state index in [1.165, 1.54) is 0 Å². The Hall–Kier alpha value is -0.930. The summed E-state index contributed by atoms with van der Waals surface area (Å²) >= 11 is 0. The van der Waals surface area contributed by atoms with Gasteiger partial charge in [0.1, 0.15) is 0 Å². The van der Waals surface area contributed by atoms with Crippen LogP contribution in [0, 0.1) is 5.41 Å². The van der Waals surface area contributed by atoms with E-state index in [2.05, 4.69) is 25.8 Å². The zero-order valence-corrected chi connectivity index (χ0v) is 10.4. The molecule has 0 amide bonds. The molecule has 0 saturated heterocycles. The monoisotopic (exact) mass is 222 g/mol. The van der Waals surface area contributed by atoms with Gasteiger partial charge in [0.15, 0.2) is 0 Å². The number of hydrogen-bond donors (Lipinski definition) is 2. The minimum atomic E-state index is -0.396. The van der Waals surface area contributed by atoms with Gasteiger partial charge in [-0.1, -0.05) is 20.8 Å². The van der Waals surface area contributed by atoms with Gasteiger partial charge >= 0.3 is 0 Å². The Bertz CT molecular complexity index is 305. The predicted octanol–water partition coefficient (Wildman–Crippen LogP) is 1.92. The molecule has 0 spiro atoms. The van der Waals surface area contributed by atoms with E-state index in [4.69, 9.17) is 5.73 Å². The molecule has 0 bridgehead atoms. The van der Waals surface area contributed by atoms with Crippen LogP contribution in [0.15, 0.2) is 24.5 Å². The highest BCUT2D eigenvalue weighted by atomic mass is 16.3. The highest BCUT2D eigenvalue weighted by molar-refractivity contribution is 5.17. The molecule has 16 heavy (non-hydrogen) atoms. The van der Waals surface area contributed by atoms with Crippen LogP contribution >= 0.6 is 0 Å². The molecule has 1 aromatic heterocycles. The fourth-order valence-corrected chi connectivity index (χ4v) is 1.90.